The van der Waals surface area contributed by atoms with Gasteiger partial charge in [-0.05, 0) is 74.1 Å². The van der Waals surface area contributed by atoms with Gasteiger partial charge in [-0.2, -0.15) is 4.98 Å². The van der Waals surface area contributed by atoms with Crippen LogP contribution in [0.2, 0.25) is 0 Å². The number of Topliss-reactive ketones (excluding diaryl/α,β-unsaturated/α-hetero) is 1. The van der Waals surface area contributed by atoms with Crippen molar-refractivity contribution in [2.75, 3.05) is 21.3 Å². The first-order valence-electron chi connectivity index (χ1n) is 16.5. The van der Waals surface area contributed by atoms with Crippen molar-refractivity contribution in [2.45, 2.75) is 70.4 Å². The number of carbonyl (C=O) groups excluding carboxylic acids is 3. The Bertz CT molecular complexity index is 1860. The Morgan fingerprint density at radius 1 is 1.06 bits per heavy atom. The number of allylic oxidation sites excluding steroid dienone is 1. The molecule has 14 nitrogen and oxygen atoms in total. The largest absolute Gasteiger partial charge is 0.507 e. The van der Waals surface area contributed by atoms with Crippen molar-refractivity contribution in [1.29, 1.82) is 0 Å². The van der Waals surface area contributed by atoms with E-state index in [1.54, 1.807) is 43.3 Å². The van der Waals surface area contributed by atoms with Crippen LogP contribution in [-0.4, -0.2) is 65.4 Å². The zero-order valence-electron chi connectivity index (χ0n) is 28.9. The molecule has 270 valence electrons. The van der Waals surface area contributed by atoms with E-state index in [4.69, 9.17) is 27.9 Å². The molecule has 0 saturated heterocycles. The highest BCUT2D eigenvalue weighted by Gasteiger charge is 2.32. The van der Waals surface area contributed by atoms with E-state index in [0.717, 1.165) is 0 Å². The predicted octanol–water partition coefficient (Wildman–Crippen LogP) is 6.09. The van der Waals surface area contributed by atoms with Crippen LogP contribution in [0.15, 0.2) is 51.6 Å². The summed E-state index contributed by atoms with van der Waals surface area (Å²) in [6.07, 6.45) is 6.93. The molecule has 2 aromatic heterocycles. The summed E-state index contributed by atoms with van der Waals surface area (Å²) in [7, 11) is 4.32. The second-order valence-electron chi connectivity index (χ2n) is 12.0. The highest BCUT2D eigenvalue weighted by molar-refractivity contribution is 5.98. The molecular formula is C37H41N3O11. The van der Waals surface area contributed by atoms with Crippen molar-refractivity contribution in [2.24, 2.45) is 0 Å². The summed E-state index contributed by atoms with van der Waals surface area (Å²) in [6.45, 7) is 1.59. The van der Waals surface area contributed by atoms with Crippen molar-refractivity contribution in [3.8, 4) is 40.3 Å². The molecule has 0 spiro atoms. The molecule has 2 aromatic carbocycles. The summed E-state index contributed by atoms with van der Waals surface area (Å²) in [5.74, 6) is -1.64. The van der Waals surface area contributed by atoms with Gasteiger partial charge in [0.2, 0.25) is 23.4 Å². The zero-order valence-corrected chi connectivity index (χ0v) is 28.9. The number of phenolic OH excluding ortho intramolecular Hbond substituents is 2. The normalized spacial score (nSPS) is 16.7. The fraction of sp³-hybridized carbons (Fsp3) is 0.378. The first-order chi connectivity index (χ1) is 24.6. The number of hydrogen-bond acceptors (Lipinski definition) is 13. The number of amides is 1. The number of ether oxygens (including phenoxy) is 4. The van der Waals surface area contributed by atoms with Gasteiger partial charge in [-0.15, -0.1) is 0 Å². The van der Waals surface area contributed by atoms with Crippen LogP contribution in [-0.2, 0) is 20.9 Å². The monoisotopic (exact) mass is 703 g/mol. The first-order valence-corrected chi connectivity index (χ1v) is 16.5. The highest BCUT2D eigenvalue weighted by atomic mass is 16.5. The van der Waals surface area contributed by atoms with Gasteiger partial charge in [-0.3, -0.25) is 9.59 Å². The second-order valence-corrected chi connectivity index (χ2v) is 12.0. The minimum Gasteiger partial charge on any atom is -0.507 e. The number of carbonyl (C=O) groups is 3. The lowest BCUT2D eigenvalue weighted by Gasteiger charge is -2.24. The van der Waals surface area contributed by atoms with Gasteiger partial charge in [0.05, 0.1) is 40.2 Å². The van der Waals surface area contributed by atoms with Gasteiger partial charge in [-0.1, -0.05) is 17.3 Å². The fourth-order valence-corrected chi connectivity index (χ4v) is 5.97. The molecule has 0 saturated carbocycles. The number of nitrogens with zero attached hydrogens (tertiary/aromatic N) is 2. The summed E-state index contributed by atoms with van der Waals surface area (Å²) in [5.41, 5.74) is 0.339. The number of cyclic esters (lactones) is 1. The summed E-state index contributed by atoms with van der Waals surface area (Å²) in [6, 6.07) is 7.89. The van der Waals surface area contributed by atoms with E-state index >= 15 is 0 Å². The molecule has 51 heavy (non-hydrogen) atoms. The average Bonchev–Trinajstić information content (AvgIpc) is 3.82. The van der Waals surface area contributed by atoms with Crippen LogP contribution < -0.4 is 19.5 Å². The maximum absolute atomic E-state index is 13.7. The number of esters is 1. The molecule has 3 N–H and O–H groups in total. The maximum atomic E-state index is 13.7. The van der Waals surface area contributed by atoms with Crippen LogP contribution in [0, 0.1) is 0 Å². The Labute approximate surface area is 294 Å². The minimum atomic E-state index is -1.06. The number of furan rings is 1. The Hall–Kier alpha value is -5.79. The molecule has 0 radical (unpaired) electrons. The predicted molar refractivity (Wildman–Crippen MR) is 183 cm³/mol. The van der Waals surface area contributed by atoms with Gasteiger partial charge in [0.15, 0.2) is 17.3 Å². The molecule has 0 bridgehead atoms. The molecular weight excluding hydrogens is 662 g/mol. The van der Waals surface area contributed by atoms with Gasteiger partial charge in [0.1, 0.15) is 22.8 Å². The summed E-state index contributed by atoms with van der Waals surface area (Å²) < 4.78 is 32.9. The number of rotatable bonds is 10. The Morgan fingerprint density at radius 3 is 2.49 bits per heavy atom. The third-order valence-corrected chi connectivity index (χ3v) is 8.53. The average molecular weight is 704 g/mol. The number of hydrogen-bond donors (Lipinski definition) is 3. The number of nitrogens with one attached hydrogen (secondary N) is 1. The van der Waals surface area contributed by atoms with Crippen LogP contribution >= 0.6 is 0 Å². The van der Waals surface area contributed by atoms with E-state index in [2.05, 4.69) is 15.5 Å². The number of fused-ring (bicyclic) bond motifs is 1. The molecule has 1 amide bonds. The van der Waals surface area contributed by atoms with Crippen molar-refractivity contribution < 1.29 is 52.5 Å². The minimum absolute atomic E-state index is 0.0965. The Morgan fingerprint density at radius 2 is 1.80 bits per heavy atom. The standard InChI is InChI=1S/C37H41N3O11/c1-21-10-8-13-24(41)12-7-5-6-11-22-16-26(42)33(34(44)32(22)37(45)50-21)25(23-17-28(46-2)35(48-4)29(18-23)47-3)19-30(43)38-20-31-39-36(40-51-31)27-14-9-15-49-27/h6,9,11,14-18,21,25,42,44H,5,7-8,10,12-13,19-20H2,1-4H3,(H,38,43)/b11-6+/t21-,25?/m0/s1. The molecule has 1 unspecified atom stereocenters. The van der Waals surface area contributed by atoms with E-state index in [0.29, 0.717) is 49.8 Å². The van der Waals surface area contributed by atoms with E-state index in [-0.39, 0.29) is 70.2 Å². The van der Waals surface area contributed by atoms with E-state index in [9.17, 15) is 24.6 Å². The first kappa shape index (κ1) is 36.5. The van der Waals surface area contributed by atoms with Crippen LogP contribution in [0.25, 0.3) is 17.7 Å². The lowest BCUT2D eigenvalue weighted by Crippen LogP contribution is -2.25. The van der Waals surface area contributed by atoms with Gasteiger partial charge >= 0.3 is 5.97 Å². The van der Waals surface area contributed by atoms with Gasteiger partial charge in [0.25, 0.3) is 0 Å². The van der Waals surface area contributed by atoms with Gasteiger partial charge in [-0.25, -0.2) is 4.79 Å². The number of benzene rings is 2. The lowest BCUT2D eigenvalue weighted by molar-refractivity contribution is -0.121. The zero-order chi connectivity index (χ0) is 36.5. The van der Waals surface area contributed by atoms with Crippen molar-refractivity contribution >= 4 is 23.7 Å². The second kappa shape index (κ2) is 16.7. The third-order valence-electron chi connectivity index (χ3n) is 8.53. The highest BCUT2D eigenvalue weighted by Crippen LogP contribution is 2.47. The molecule has 1 aliphatic rings. The molecule has 3 heterocycles. The van der Waals surface area contributed by atoms with Crippen LogP contribution in [0.3, 0.4) is 0 Å². The maximum Gasteiger partial charge on any atom is 0.342 e. The topological polar surface area (TPSA) is 193 Å². The van der Waals surface area contributed by atoms with Crippen LogP contribution in [0.5, 0.6) is 28.7 Å². The number of methoxy groups -OCH3 is 3. The van der Waals surface area contributed by atoms with E-state index < -0.39 is 29.6 Å². The van der Waals surface area contributed by atoms with Crippen molar-refractivity contribution in [3.63, 3.8) is 0 Å². The quantitative estimate of drug-likeness (QED) is 0.161. The Balaban J connectivity index is 1.56. The molecule has 4 aromatic rings. The Kier molecular flexibility index (Phi) is 12.0. The molecule has 1 aliphatic heterocycles. The van der Waals surface area contributed by atoms with E-state index in [1.807, 2.05) is 0 Å². The van der Waals surface area contributed by atoms with Crippen LogP contribution in [0.1, 0.15) is 90.7 Å². The third kappa shape index (κ3) is 8.69. The van der Waals surface area contributed by atoms with Crippen molar-refractivity contribution in [1.82, 2.24) is 15.5 Å². The molecule has 0 fully saturated rings. The summed E-state index contributed by atoms with van der Waals surface area (Å²) >= 11 is 0. The molecule has 5 rings (SSSR count). The summed E-state index contributed by atoms with van der Waals surface area (Å²) in [5, 5.41) is 30.1. The summed E-state index contributed by atoms with van der Waals surface area (Å²) in [4.78, 5) is 43.8. The van der Waals surface area contributed by atoms with Crippen molar-refractivity contribution in [3.05, 3.63) is 70.8 Å². The number of phenols is 2. The molecule has 14 heteroatoms. The SMILES string of the molecule is COc1cc(C(CC(=O)NCc2nc(-c3ccco3)no2)c2c(O)cc3c(c2O)C(=O)O[C@@H](C)CCCC(=O)CCC/C=C/3)cc(OC)c1OC. The molecule has 2 atom stereocenters. The number of aromatic hydroxyl groups is 2. The smallest absolute Gasteiger partial charge is 0.342 e. The number of aromatic nitrogens is 2. The van der Waals surface area contributed by atoms with Gasteiger partial charge in [0, 0.05) is 30.7 Å². The van der Waals surface area contributed by atoms with Crippen LogP contribution in [0.4, 0.5) is 0 Å². The van der Waals surface area contributed by atoms with Gasteiger partial charge < -0.3 is 43.4 Å². The number of ketones is 1. The molecule has 0 aliphatic carbocycles. The fourth-order valence-electron chi connectivity index (χ4n) is 5.97. The van der Waals surface area contributed by atoms with E-state index in [1.165, 1.54) is 33.7 Å². The lowest BCUT2D eigenvalue weighted by atomic mass is 9.84.